The molecule has 0 radical (unpaired) electrons. The number of carbonyl (C=O) groups excluding carboxylic acids is 1. The zero-order chi connectivity index (χ0) is 12.4. The molecule has 2 N–H and O–H groups in total. The summed E-state index contributed by atoms with van der Waals surface area (Å²) in [6.07, 6.45) is 0. The highest BCUT2D eigenvalue weighted by molar-refractivity contribution is 6.07. The van der Waals surface area contributed by atoms with Crippen molar-refractivity contribution in [1.82, 2.24) is 0 Å². The number of furan rings is 1. The summed E-state index contributed by atoms with van der Waals surface area (Å²) in [6, 6.07) is 5.58. The number of hydrogen-bond donors (Lipinski definition) is 1. The Bertz CT molecular complexity index is 543. The van der Waals surface area contributed by atoms with Crippen LogP contribution in [0.3, 0.4) is 0 Å². The van der Waals surface area contributed by atoms with E-state index in [4.69, 9.17) is 10.2 Å². The zero-order valence-corrected chi connectivity index (χ0v) is 8.74. The Morgan fingerprint density at radius 3 is 2.35 bits per heavy atom. The van der Waals surface area contributed by atoms with Crippen LogP contribution in [-0.4, -0.2) is 5.78 Å². The number of benzene rings is 1. The Labute approximate surface area is 95.8 Å². The summed E-state index contributed by atoms with van der Waals surface area (Å²) >= 11 is 0. The third-order valence-electron chi connectivity index (χ3n) is 2.21. The number of ketones is 1. The van der Waals surface area contributed by atoms with Crippen LogP contribution >= 0.6 is 0 Å². The van der Waals surface area contributed by atoms with Gasteiger partial charge in [-0.05, 0) is 24.3 Å². The van der Waals surface area contributed by atoms with Crippen molar-refractivity contribution in [2.45, 2.75) is 6.54 Å². The van der Waals surface area contributed by atoms with Crippen LogP contribution in [0.2, 0.25) is 0 Å². The SMILES string of the molecule is NCc1ccc(C(=O)c2cc(F)cc(F)c2)o1. The van der Waals surface area contributed by atoms with E-state index in [1.165, 1.54) is 6.07 Å². The van der Waals surface area contributed by atoms with Crippen LogP contribution in [0.5, 0.6) is 0 Å². The van der Waals surface area contributed by atoms with Gasteiger partial charge in [-0.25, -0.2) is 8.78 Å². The minimum Gasteiger partial charge on any atom is -0.456 e. The molecular weight excluding hydrogens is 228 g/mol. The molecule has 0 aliphatic rings. The molecule has 0 bridgehead atoms. The Kier molecular flexibility index (Phi) is 3.01. The van der Waals surface area contributed by atoms with Gasteiger partial charge in [0.25, 0.3) is 0 Å². The lowest BCUT2D eigenvalue weighted by atomic mass is 10.1. The number of halogens is 2. The summed E-state index contributed by atoms with van der Waals surface area (Å²) < 4.78 is 31.0. The molecule has 0 saturated heterocycles. The molecule has 1 aromatic carbocycles. The van der Waals surface area contributed by atoms with Gasteiger partial charge in [0.2, 0.25) is 5.78 Å². The lowest BCUT2D eigenvalue weighted by molar-refractivity contribution is 0.101. The number of nitrogens with two attached hydrogens (primary N) is 1. The summed E-state index contributed by atoms with van der Waals surface area (Å²) in [7, 11) is 0. The standard InChI is InChI=1S/C12H9F2NO2/c13-8-3-7(4-9(14)5-8)12(16)11-2-1-10(6-15)17-11/h1-5H,6,15H2. The molecule has 2 aromatic rings. The lowest BCUT2D eigenvalue weighted by Crippen LogP contribution is -2.01. The van der Waals surface area contributed by atoms with Crippen molar-refractivity contribution in [2.24, 2.45) is 5.73 Å². The molecule has 1 heterocycles. The fourth-order valence-corrected chi connectivity index (χ4v) is 1.44. The van der Waals surface area contributed by atoms with Gasteiger partial charge in [-0.2, -0.15) is 0 Å². The molecule has 0 saturated carbocycles. The van der Waals surface area contributed by atoms with Crippen LogP contribution in [-0.2, 0) is 6.54 Å². The van der Waals surface area contributed by atoms with E-state index in [9.17, 15) is 13.6 Å². The van der Waals surface area contributed by atoms with Gasteiger partial charge in [0.05, 0.1) is 6.54 Å². The van der Waals surface area contributed by atoms with Crippen molar-refractivity contribution < 1.29 is 18.0 Å². The van der Waals surface area contributed by atoms with E-state index >= 15 is 0 Å². The highest BCUT2D eigenvalue weighted by Gasteiger charge is 2.15. The first-order chi connectivity index (χ1) is 8.10. The smallest absolute Gasteiger partial charge is 0.228 e. The molecule has 0 spiro atoms. The van der Waals surface area contributed by atoms with Gasteiger partial charge in [0.15, 0.2) is 5.76 Å². The normalized spacial score (nSPS) is 10.5. The van der Waals surface area contributed by atoms with Crippen LogP contribution < -0.4 is 5.73 Å². The first kappa shape index (κ1) is 11.5. The Morgan fingerprint density at radius 2 is 1.82 bits per heavy atom. The van der Waals surface area contributed by atoms with Crippen LogP contribution in [0.15, 0.2) is 34.7 Å². The van der Waals surface area contributed by atoms with E-state index < -0.39 is 17.4 Å². The maximum atomic E-state index is 12.9. The van der Waals surface area contributed by atoms with Crippen LogP contribution in [0.4, 0.5) is 8.78 Å². The predicted molar refractivity (Wildman–Crippen MR) is 56.4 cm³/mol. The Hall–Kier alpha value is -2.01. The van der Waals surface area contributed by atoms with E-state index in [-0.39, 0.29) is 17.9 Å². The van der Waals surface area contributed by atoms with Crippen molar-refractivity contribution in [3.05, 3.63) is 59.1 Å². The minimum absolute atomic E-state index is 0.00968. The molecular formula is C12H9F2NO2. The Morgan fingerprint density at radius 1 is 1.18 bits per heavy atom. The molecule has 17 heavy (non-hydrogen) atoms. The van der Waals surface area contributed by atoms with Gasteiger partial charge < -0.3 is 10.2 Å². The highest BCUT2D eigenvalue weighted by Crippen LogP contribution is 2.15. The van der Waals surface area contributed by atoms with Gasteiger partial charge in [0.1, 0.15) is 17.4 Å². The largest absolute Gasteiger partial charge is 0.456 e. The van der Waals surface area contributed by atoms with E-state index in [1.807, 2.05) is 0 Å². The maximum absolute atomic E-state index is 12.9. The summed E-state index contributed by atoms with van der Waals surface area (Å²) in [5.74, 6) is -1.75. The molecule has 0 fully saturated rings. The maximum Gasteiger partial charge on any atom is 0.228 e. The molecule has 0 aliphatic heterocycles. The van der Waals surface area contributed by atoms with E-state index in [0.717, 1.165) is 12.1 Å². The van der Waals surface area contributed by atoms with E-state index in [0.29, 0.717) is 11.8 Å². The molecule has 0 amide bonds. The second-order valence-corrected chi connectivity index (χ2v) is 3.46. The second-order valence-electron chi connectivity index (χ2n) is 3.46. The van der Waals surface area contributed by atoms with Gasteiger partial charge in [-0.1, -0.05) is 0 Å². The summed E-state index contributed by atoms with van der Waals surface area (Å²) in [5, 5.41) is 0. The monoisotopic (exact) mass is 237 g/mol. The molecule has 88 valence electrons. The second kappa shape index (κ2) is 4.47. The number of carbonyl (C=O) groups is 1. The van der Waals surface area contributed by atoms with Crippen molar-refractivity contribution in [3.63, 3.8) is 0 Å². The number of rotatable bonds is 3. The van der Waals surface area contributed by atoms with Crippen LogP contribution in [0, 0.1) is 11.6 Å². The first-order valence-electron chi connectivity index (χ1n) is 4.89. The zero-order valence-electron chi connectivity index (χ0n) is 8.74. The van der Waals surface area contributed by atoms with Gasteiger partial charge in [-0.15, -0.1) is 0 Å². The van der Waals surface area contributed by atoms with Crippen LogP contribution in [0.25, 0.3) is 0 Å². The van der Waals surface area contributed by atoms with E-state index in [1.54, 1.807) is 6.07 Å². The summed E-state index contributed by atoms with van der Waals surface area (Å²) in [4.78, 5) is 11.8. The summed E-state index contributed by atoms with van der Waals surface area (Å²) in [6.45, 7) is 0.158. The third-order valence-corrected chi connectivity index (χ3v) is 2.21. The predicted octanol–water partition coefficient (Wildman–Crippen LogP) is 2.25. The lowest BCUT2D eigenvalue weighted by Gasteiger charge is -1.99. The first-order valence-corrected chi connectivity index (χ1v) is 4.89. The fraction of sp³-hybridized carbons (Fsp3) is 0.0833. The average molecular weight is 237 g/mol. The van der Waals surface area contributed by atoms with Crippen molar-refractivity contribution in [1.29, 1.82) is 0 Å². The molecule has 0 unspecified atom stereocenters. The third kappa shape index (κ3) is 2.39. The fourth-order valence-electron chi connectivity index (χ4n) is 1.44. The molecule has 2 rings (SSSR count). The van der Waals surface area contributed by atoms with Gasteiger partial charge >= 0.3 is 0 Å². The quantitative estimate of drug-likeness (QED) is 0.833. The van der Waals surface area contributed by atoms with Gasteiger partial charge in [-0.3, -0.25) is 4.79 Å². The van der Waals surface area contributed by atoms with Crippen LogP contribution in [0.1, 0.15) is 21.9 Å². The van der Waals surface area contributed by atoms with E-state index in [2.05, 4.69) is 0 Å². The topological polar surface area (TPSA) is 56.2 Å². The Balaban J connectivity index is 2.36. The summed E-state index contributed by atoms with van der Waals surface area (Å²) in [5.41, 5.74) is 5.23. The molecule has 3 nitrogen and oxygen atoms in total. The van der Waals surface area contributed by atoms with Crippen molar-refractivity contribution in [3.8, 4) is 0 Å². The van der Waals surface area contributed by atoms with Gasteiger partial charge in [0, 0.05) is 11.6 Å². The molecule has 0 atom stereocenters. The molecule has 0 aliphatic carbocycles. The minimum atomic E-state index is -0.807. The highest BCUT2D eigenvalue weighted by atomic mass is 19.1. The van der Waals surface area contributed by atoms with Crippen molar-refractivity contribution in [2.75, 3.05) is 0 Å². The molecule has 5 heteroatoms. The molecule has 1 aromatic heterocycles. The van der Waals surface area contributed by atoms with Crippen molar-refractivity contribution >= 4 is 5.78 Å². The number of hydrogen-bond acceptors (Lipinski definition) is 3. The average Bonchev–Trinajstić information content (AvgIpc) is 2.75.